The Morgan fingerprint density at radius 3 is 2.46 bits per heavy atom. The molecule has 0 unspecified atom stereocenters. The van der Waals surface area contributed by atoms with Crippen molar-refractivity contribution in [2.45, 2.75) is 34.1 Å². The van der Waals surface area contributed by atoms with Gasteiger partial charge in [-0.3, -0.25) is 4.79 Å². The lowest BCUT2D eigenvalue weighted by Crippen LogP contribution is -2.22. The lowest BCUT2D eigenvalue weighted by molar-refractivity contribution is -0.151. The first-order valence-electron chi connectivity index (χ1n) is 7.91. The van der Waals surface area contributed by atoms with Gasteiger partial charge in [-0.15, -0.1) is 0 Å². The van der Waals surface area contributed by atoms with Crippen molar-refractivity contribution in [3.8, 4) is 11.5 Å². The number of allylic oxidation sites excluding steroid dienone is 1. The molecule has 5 heteroatoms. The quantitative estimate of drug-likeness (QED) is 0.412. The van der Waals surface area contributed by atoms with Gasteiger partial charge in [-0.2, -0.15) is 0 Å². The van der Waals surface area contributed by atoms with Crippen LogP contribution in [0, 0.1) is 12.3 Å². The molecule has 0 aromatic heterocycles. The number of hydrogen-bond acceptors (Lipinski definition) is 5. The number of methoxy groups -OCH3 is 2. The zero-order chi connectivity index (χ0) is 18.2. The molecule has 0 heterocycles. The summed E-state index contributed by atoms with van der Waals surface area (Å²) < 4.78 is 21.1. The maximum atomic E-state index is 11.7. The average Bonchev–Trinajstić information content (AvgIpc) is 2.51. The van der Waals surface area contributed by atoms with Crippen LogP contribution in [0.5, 0.6) is 11.5 Å². The van der Waals surface area contributed by atoms with Gasteiger partial charge in [0.05, 0.1) is 12.5 Å². The summed E-state index contributed by atoms with van der Waals surface area (Å²) >= 11 is 0. The molecular weight excluding hydrogens is 308 g/mol. The van der Waals surface area contributed by atoms with Crippen LogP contribution in [0.25, 0.3) is 0 Å². The van der Waals surface area contributed by atoms with Crippen LogP contribution in [0.4, 0.5) is 0 Å². The second kappa shape index (κ2) is 9.33. The molecule has 0 spiro atoms. The van der Waals surface area contributed by atoms with Crippen molar-refractivity contribution < 1.29 is 23.7 Å². The molecule has 0 aliphatic rings. The molecule has 0 N–H and O–H groups in total. The maximum Gasteiger partial charge on any atom is 0.311 e. The first-order chi connectivity index (χ1) is 11.3. The van der Waals surface area contributed by atoms with Gasteiger partial charge in [-0.1, -0.05) is 18.2 Å². The summed E-state index contributed by atoms with van der Waals surface area (Å²) in [4.78, 5) is 11.7. The molecule has 0 aliphatic heterocycles. The fourth-order valence-corrected chi connectivity index (χ4v) is 2.05. The Morgan fingerprint density at radius 2 is 1.88 bits per heavy atom. The Balaban J connectivity index is 2.66. The first kappa shape index (κ1) is 20.0. The standard InChI is InChI=1S/C19H28O5/c1-14-11-15(12-16(17(14)22-6)24-13-21-5)9-7-8-10-23-18(20)19(2,3)4/h7-8,11-12H,9-10,13H2,1-6H3. The van der Waals surface area contributed by atoms with Gasteiger partial charge in [0.25, 0.3) is 0 Å². The highest BCUT2D eigenvalue weighted by molar-refractivity contribution is 5.75. The molecule has 5 nitrogen and oxygen atoms in total. The van der Waals surface area contributed by atoms with Crippen molar-refractivity contribution in [2.24, 2.45) is 5.41 Å². The van der Waals surface area contributed by atoms with Crippen molar-refractivity contribution in [2.75, 3.05) is 27.6 Å². The Morgan fingerprint density at radius 1 is 1.17 bits per heavy atom. The van der Waals surface area contributed by atoms with E-state index in [0.717, 1.165) is 11.1 Å². The third kappa shape index (κ3) is 6.24. The van der Waals surface area contributed by atoms with Gasteiger partial charge in [0.2, 0.25) is 0 Å². The topological polar surface area (TPSA) is 54.0 Å². The van der Waals surface area contributed by atoms with E-state index in [-0.39, 0.29) is 19.4 Å². The normalized spacial score (nSPS) is 11.6. The van der Waals surface area contributed by atoms with Crippen molar-refractivity contribution >= 4 is 5.97 Å². The van der Waals surface area contributed by atoms with Crippen LogP contribution in [-0.2, 0) is 20.7 Å². The monoisotopic (exact) mass is 336 g/mol. The number of esters is 1. The second-order valence-corrected chi connectivity index (χ2v) is 6.52. The molecule has 0 fully saturated rings. The molecular formula is C19H28O5. The van der Waals surface area contributed by atoms with Crippen LogP contribution in [0.2, 0.25) is 0 Å². The van der Waals surface area contributed by atoms with Gasteiger partial charge < -0.3 is 18.9 Å². The molecule has 0 saturated carbocycles. The smallest absolute Gasteiger partial charge is 0.311 e. The molecule has 1 rings (SSSR count). The SMILES string of the molecule is COCOc1cc(CC=CCOC(=O)C(C)(C)C)cc(C)c1OC. The van der Waals surface area contributed by atoms with Crippen molar-refractivity contribution in [1.29, 1.82) is 0 Å². The largest absolute Gasteiger partial charge is 0.493 e. The summed E-state index contributed by atoms with van der Waals surface area (Å²) in [5, 5.41) is 0. The Kier molecular flexibility index (Phi) is 7.79. The van der Waals surface area contributed by atoms with Crippen LogP contribution < -0.4 is 9.47 Å². The van der Waals surface area contributed by atoms with Gasteiger partial charge in [0.1, 0.15) is 6.61 Å². The second-order valence-electron chi connectivity index (χ2n) is 6.52. The lowest BCUT2D eigenvalue weighted by atomic mass is 9.97. The van der Waals surface area contributed by atoms with E-state index in [4.69, 9.17) is 18.9 Å². The van der Waals surface area contributed by atoms with Gasteiger partial charge in [0.15, 0.2) is 18.3 Å². The van der Waals surface area contributed by atoms with E-state index in [1.165, 1.54) is 0 Å². The summed E-state index contributed by atoms with van der Waals surface area (Å²) in [5.41, 5.74) is 1.60. The van der Waals surface area contributed by atoms with Gasteiger partial charge >= 0.3 is 5.97 Å². The highest BCUT2D eigenvalue weighted by Crippen LogP contribution is 2.32. The van der Waals surface area contributed by atoms with Crippen LogP contribution in [-0.4, -0.2) is 33.6 Å². The van der Waals surface area contributed by atoms with Gasteiger partial charge in [-0.25, -0.2) is 0 Å². The van der Waals surface area contributed by atoms with E-state index in [2.05, 4.69) is 0 Å². The van der Waals surface area contributed by atoms with Crippen molar-refractivity contribution in [3.05, 3.63) is 35.4 Å². The summed E-state index contributed by atoms with van der Waals surface area (Å²) in [6, 6.07) is 3.97. The Hall–Kier alpha value is -2.01. The van der Waals surface area contributed by atoms with E-state index in [0.29, 0.717) is 17.9 Å². The van der Waals surface area contributed by atoms with E-state index < -0.39 is 5.41 Å². The molecule has 0 saturated heterocycles. The number of ether oxygens (including phenoxy) is 4. The number of rotatable bonds is 8. The first-order valence-corrected chi connectivity index (χ1v) is 7.91. The minimum atomic E-state index is -0.478. The molecule has 0 atom stereocenters. The molecule has 0 aliphatic carbocycles. The highest BCUT2D eigenvalue weighted by atomic mass is 16.7. The molecule has 1 aromatic carbocycles. The molecule has 1 aromatic rings. The number of aryl methyl sites for hydroxylation is 1. The summed E-state index contributed by atoms with van der Waals surface area (Å²) in [6.45, 7) is 7.91. The van der Waals surface area contributed by atoms with E-state index in [1.807, 2.05) is 52.0 Å². The van der Waals surface area contributed by atoms with E-state index in [1.54, 1.807) is 14.2 Å². The number of carbonyl (C=O) groups is 1. The predicted octanol–water partition coefficient (Wildman–Crippen LogP) is 3.67. The Labute approximate surface area is 144 Å². The summed E-state index contributed by atoms with van der Waals surface area (Å²) in [6.07, 6.45) is 4.53. The average molecular weight is 336 g/mol. The summed E-state index contributed by atoms with van der Waals surface area (Å²) in [7, 11) is 3.19. The van der Waals surface area contributed by atoms with Crippen LogP contribution in [0.15, 0.2) is 24.3 Å². The van der Waals surface area contributed by atoms with Crippen LogP contribution in [0.3, 0.4) is 0 Å². The fourth-order valence-electron chi connectivity index (χ4n) is 2.05. The predicted molar refractivity (Wildman–Crippen MR) is 93.5 cm³/mol. The third-order valence-corrected chi connectivity index (χ3v) is 3.28. The Bertz CT molecular complexity index is 570. The van der Waals surface area contributed by atoms with Gasteiger partial charge in [-0.05, 0) is 51.3 Å². The van der Waals surface area contributed by atoms with Crippen LogP contribution >= 0.6 is 0 Å². The minimum absolute atomic E-state index is 0.165. The molecule has 24 heavy (non-hydrogen) atoms. The van der Waals surface area contributed by atoms with Gasteiger partial charge in [0, 0.05) is 7.11 Å². The maximum absolute atomic E-state index is 11.7. The lowest BCUT2D eigenvalue weighted by Gasteiger charge is -2.15. The number of benzene rings is 1. The van der Waals surface area contributed by atoms with E-state index >= 15 is 0 Å². The zero-order valence-corrected chi connectivity index (χ0v) is 15.5. The summed E-state index contributed by atoms with van der Waals surface area (Å²) in [5.74, 6) is 1.16. The molecule has 0 amide bonds. The van der Waals surface area contributed by atoms with Crippen molar-refractivity contribution in [3.63, 3.8) is 0 Å². The molecule has 0 radical (unpaired) electrons. The van der Waals surface area contributed by atoms with E-state index in [9.17, 15) is 4.79 Å². The number of hydrogen-bond donors (Lipinski definition) is 0. The number of carbonyl (C=O) groups excluding carboxylic acids is 1. The molecule has 0 bridgehead atoms. The fraction of sp³-hybridized carbons (Fsp3) is 0.526. The highest BCUT2D eigenvalue weighted by Gasteiger charge is 2.22. The third-order valence-electron chi connectivity index (χ3n) is 3.28. The van der Waals surface area contributed by atoms with Crippen LogP contribution in [0.1, 0.15) is 31.9 Å². The molecule has 134 valence electrons. The van der Waals surface area contributed by atoms with Crippen molar-refractivity contribution in [1.82, 2.24) is 0 Å². The zero-order valence-electron chi connectivity index (χ0n) is 15.5. The minimum Gasteiger partial charge on any atom is -0.493 e.